The zero-order valence-corrected chi connectivity index (χ0v) is 28.0. The molecule has 11 heteroatoms. The van der Waals surface area contributed by atoms with Crippen LogP contribution in [0, 0.1) is 12.8 Å². The normalized spacial score (nSPS) is 11.9. The first-order valence-electron chi connectivity index (χ1n) is 15.0. The standard InChI is InChI=1S/C34H45N3O7S/c1-8-30(34(39)35-21-24(3)4)36(22-26-12-10-25(5)11-13-26)33(38)23-37(27-14-16-28(17-15-27)44-9-2)45(40,41)29-18-19-31(42-6)32(20-29)43-7/h10-20,24,30H,8-9,21-23H2,1-7H3,(H,35,39)/t30-/m0/s1. The number of amides is 2. The van der Waals surface area contributed by atoms with Gasteiger partial charge in [-0.1, -0.05) is 50.6 Å². The van der Waals surface area contributed by atoms with E-state index in [0.29, 0.717) is 31.1 Å². The Labute approximate surface area is 267 Å². The van der Waals surface area contributed by atoms with Gasteiger partial charge in [0, 0.05) is 19.2 Å². The SMILES string of the molecule is CCOc1ccc(N(CC(=O)N(Cc2ccc(C)cc2)[C@@H](CC)C(=O)NCC(C)C)S(=O)(=O)c2ccc(OC)c(OC)c2)cc1. The highest BCUT2D eigenvalue weighted by atomic mass is 32.2. The summed E-state index contributed by atoms with van der Waals surface area (Å²) in [5, 5.41) is 2.94. The van der Waals surface area contributed by atoms with Crippen LogP contribution in [-0.2, 0) is 26.2 Å². The lowest BCUT2D eigenvalue weighted by molar-refractivity contribution is -0.140. The van der Waals surface area contributed by atoms with Crippen molar-refractivity contribution in [2.24, 2.45) is 5.92 Å². The smallest absolute Gasteiger partial charge is 0.264 e. The second kappa shape index (κ2) is 16.2. The average molecular weight is 640 g/mol. The predicted octanol–water partition coefficient (Wildman–Crippen LogP) is 5.19. The Bertz CT molecular complexity index is 1520. The number of hydrogen-bond acceptors (Lipinski definition) is 7. The van der Waals surface area contributed by atoms with Crippen LogP contribution in [0.4, 0.5) is 5.69 Å². The van der Waals surface area contributed by atoms with Crippen LogP contribution in [-0.4, -0.2) is 65.1 Å². The summed E-state index contributed by atoms with van der Waals surface area (Å²) in [6.45, 7) is 10.1. The highest BCUT2D eigenvalue weighted by Gasteiger charge is 2.34. The third-order valence-electron chi connectivity index (χ3n) is 7.20. The lowest BCUT2D eigenvalue weighted by Crippen LogP contribution is -2.52. The Balaban J connectivity index is 2.09. The molecule has 1 atom stereocenters. The molecule has 0 bridgehead atoms. The van der Waals surface area contributed by atoms with Crippen LogP contribution in [0.3, 0.4) is 0 Å². The van der Waals surface area contributed by atoms with Gasteiger partial charge in [-0.25, -0.2) is 8.42 Å². The highest BCUT2D eigenvalue weighted by Crippen LogP contribution is 2.33. The van der Waals surface area contributed by atoms with Crippen LogP contribution in [0.1, 0.15) is 45.2 Å². The van der Waals surface area contributed by atoms with Crippen molar-refractivity contribution in [2.45, 2.75) is 58.5 Å². The third kappa shape index (κ3) is 9.13. The second-order valence-electron chi connectivity index (χ2n) is 11.0. The zero-order valence-electron chi connectivity index (χ0n) is 27.2. The number of ether oxygens (including phenoxy) is 3. The number of carbonyl (C=O) groups excluding carboxylic acids is 2. The van der Waals surface area contributed by atoms with Crippen molar-refractivity contribution < 1.29 is 32.2 Å². The molecule has 0 aliphatic carbocycles. The van der Waals surface area contributed by atoms with Crippen molar-refractivity contribution in [3.8, 4) is 17.2 Å². The largest absolute Gasteiger partial charge is 0.494 e. The van der Waals surface area contributed by atoms with Gasteiger partial charge in [0.25, 0.3) is 10.0 Å². The van der Waals surface area contributed by atoms with Crippen LogP contribution < -0.4 is 23.8 Å². The van der Waals surface area contributed by atoms with Gasteiger partial charge in [0.2, 0.25) is 11.8 Å². The van der Waals surface area contributed by atoms with E-state index in [0.717, 1.165) is 15.4 Å². The lowest BCUT2D eigenvalue weighted by atomic mass is 10.1. The zero-order chi connectivity index (χ0) is 33.1. The van der Waals surface area contributed by atoms with Crippen LogP contribution in [0.2, 0.25) is 0 Å². The first-order valence-corrected chi connectivity index (χ1v) is 16.5. The summed E-state index contributed by atoms with van der Waals surface area (Å²) in [6, 6.07) is 17.6. The van der Waals surface area contributed by atoms with Crippen molar-refractivity contribution in [1.29, 1.82) is 0 Å². The van der Waals surface area contributed by atoms with Crippen molar-refractivity contribution in [3.63, 3.8) is 0 Å². The number of aryl methyl sites for hydroxylation is 1. The molecule has 0 aliphatic rings. The van der Waals surface area contributed by atoms with Gasteiger partial charge in [-0.2, -0.15) is 0 Å². The first-order chi connectivity index (χ1) is 21.4. The fraction of sp³-hybridized carbons (Fsp3) is 0.412. The molecule has 0 spiro atoms. The number of nitrogens with zero attached hydrogens (tertiary/aromatic N) is 2. The maximum Gasteiger partial charge on any atom is 0.264 e. The van der Waals surface area contributed by atoms with E-state index in [2.05, 4.69) is 5.32 Å². The minimum atomic E-state index is -4.31. The average Bonchev–Trinajstić information content (AvgIpc) is 3.03. The number of hydrogen-bond donors (Lipinski definition) is 1. The number of benzene rings is 3. The van der Waals surface area contributed by atoms with Gasteiger partial charge in [-0.15, -0.1) is 0 Å². The topological polar surface area (TPSA) is 114 Å². The van der Waals surface area contributed by atoms with Gasteiger partial charge in [0.05, 0.1) is 31.4 Å². The number of carbonyl (C=O) groups is 2. The van der Waals surface area contributed by atoms with Gasteiger partial charge in [0.1, 0.15) is 18.3 Å². The van der Waals surface area contributed by atoms with E-state index in [1.54, 1.807) is 24.3 Å². The summed E-state index contributed by atoms with van der Waals surface area (Å²) in [5.41, 5.74) is 2.13. The molecule has 0 radical (unpaired) electrons. The Morgan fingerprint density at radius 3 is 2.09 bits per heavy atom. The maximum atomic E-state index is 14.3. The Morgan fingerprint density at radius 2 is 1.53 bits per heavy atom. The summed E-state index contributed by atoms with van der Waals surface area (Å²) in [4.78, 5) is 29.1. The summed E-state index contributed by atoms with van der Waals surface area (Å²) < 4.78 is 45.8. The van der Waals surface area contributed by atoms with E-state index in [4.69, 9.17) is 14.2 Å². The second-order valence-corrected chi connectivity index (χ2v) is 12.9. The van der Waals surface area contributed by atoms with E-state index in [1.165, 1.54) is 37.3 Å². The highest BCUT2D eigenvalue weighted by molar-refractivity contribution is 7.92. The van der Waals surface area contributed by atoms with E-state index >= 15 is 0 Å². The van der Waals surface area contributed by atoms with Crippen molar-refractivity contribution in [2.75, 3.05) is 38.2 Å². The third-order valence-corrected chi connectivity index (χ3v) is 8.97. The number of nitrogens with one attached hydrogen (secondary N) is 1. The molecular formula is C34H45N3O7S. The number of methoxy groups -OCH3 is 2. The molecule has 0 unspecified atom stereocenters. The fourth-order valence-electron chi connectivity index (χ4n) is 4.74. The lowest BCUT2D eigenvalue weighted by Gasteiger charge is -2.33. The fourth-order valence-corrected chi connectivity index (χ4v) is 6.17. The summed E-state index contributed by atoms with van der Waals surface area (Å²) >= 11 is 0. The monoisotopic (exact) mass is 639 g/mol. The number of anilines is 1. The molecule has 0 heterocycles. The summed E-state index contributed by atoms with van der Waals surface area (Å²) in [5.74, 6) is 0.550. The molecule has 0 saturated carbocycles. The van der Waals surface area contributed by atoms with E-state index in [9.17, 15) is 18.0 Å². The van der Waals surface area contributed by atoms with E-state index in [-0.39, 0.29) is 34.7 Å². The Kier molecular flexibility index (Phi) is 12.7. The molecule has 0 saturated heterocycles. The van der Waals surface area contributed by atoms with Crippen molar-refractivity contribution >= 4 is 27.5 Å². The molecular weight excluding hydrogens is 594 g/mol. The molecule has 2 amide bonds. The van der Waals surface area contributed by atoms with Gasteiger partial charge >= 0.3 is 0 Å². The van der Waals surface area contributed by atoms with Gasteiger partial charge in [-0.3, -0.25) is 13.9 Å². The molecule has 45 heavy (non-hydrogen) atoms. The molecule has 3 rings (SSSR count). The molecule has 10 nitrogen and oxygen atoms in total. The Hall–Kier alpha value is -4.25. The van der Waals surface area contributed by atoms with E-state index < -0.39 is 28.5 Å². The molecule has 0 fully saturated rings. The molecule has 0 aliphatic heterocycles. The number of sulfonamides is 1. The number of rotatable bonds is 16. The van der Waals surface area contributed by atoms with Crippen LogP contribution >= 0.6 is 0 Å². The Morgan fingerprint density at radius 1 is 0.889 bits per heavy atom. The summed E-state index contributed by atoms with van der Waals surface area (Å²) in [7, 11) is -1.43. The predicted molar refractivity (Wildman–Crippen MR) is 175 cm³/mol. The van der Waals surface area contributed by atoms with Crippen LogP contribution in [0.15, 0.2) is 71.6 Å². The van der Waals surface area contributed by atoms with Gasteiger partial charge in [-0.05, 0) is 68.1 Å². The van der Waals surface area contributed by atoms with Gasteiger partial charge in [0.15, 0.2) is 11.5 Å². The maximum absolute atomic E-state index is 14.3. The van der Waals surface area contributed by atoms with Crippen molar-refractivity contribution in [3.05, 3.63) is 77.9 Å². The minimum absolute atomic E-state index is 0.0892. The van der Waals surface area contributed by atoms with Gasteiger partial charge < -0.3 is 24.4 Å². The quantitative estimate of drug-likeness (QED) is 0.230. The molecule has 244 valence electrons. The first kappa shape index (κ1) is 35.2. The van der Waals surface area contributed by atoms with E-state index in [1.807, 2.05) is 58.9 Å². The summed E-state index contributed by atoms with van der Waals surface area (Å²) in [6.07, 6.45) is 0.340. The molecule has 0 aromatic heterocycles. The molecule has 3 aromatic carbocycles. The van der Waals surface area contributed by atoms with Crippen LogP contribution in [0.5, 0.6) is 17.2 Å². The molecule has 1 N–H and O–H groups in total. The van der Waals surface area contributed by atoms with Crippen LogP contribution in [0.25, 0.3) is 0 Å². The van der Waals surface area contributed by atoms with Crippen molar-refractivity contribution in [1.82, 2.24) is 10.2 Å². The minimum Gasteiger partial charge on any atom is -0.494 e. The molecule has 3 aromatic rings.